The predicted octanol–water partition coefficient (Wildman–Crippen LogP) is 2.63. The first-order chi connectivity index (χ1) is 12.0. The molecule has 0 saturated carbocycles. The summed E-state index contributed by atoms with van der Waals surface area (Å²) in [5, 5.41) is 16.2. The van der Waals surface area contributed by atoms with E-state index in [0.29, 0.717) is 22.7 Å². The second kappa shape index (κ2) is 6.60. The molecule has 0 aromatic heterocycles. The van der Waals surface area contributed by atoms with Gasteiger partial charge in [0, 0.05) is 6.07 Å². The lowest BCUT2D eigenvalue weighted by Crippen LogP contribution is -2.39. The van der Waals surface area contributed by atoms with E-state index >= 15 is 0 Å². The zero-order valence-corrected chi connectivity index (χ0v) is 13.3. The predicted molar refractivity (Wildman–Crippen MR) is 90.6 cm³/mol. The number of hydrogen-bond donors (Lipinski definition) is 2. The first-order valence-electron chi connectivity index (χ1n) is 7.56. The number of benzene rings is 2. The van der Waals surface area contributed by atoms with Crippen LogP contribution in [0.15, 0.2) is 42.5 Å². The smallest absolute Gasteiger partial charge is 0.274 e. The number of nitro groups is 1. The molecule has 0 unspecified atom stereocenters. The number of nitrogens with zero attached hydrogens (tertiary/aromatic N) is 1. The summed E-state index contributed by atoms with van der Waals surface area (Å²) in [5.41, 5.74) is 1.15. The van der Waals surface area contributed by atoms with E-state index in [0.717, 1.165) is 0 Å². The van der Waals surface area contributed by atoms with Crippen molar-refractivity contribution in [2.45, 2.75) is 19.4 Å². The minimum Gasteiger partial charge on any atom is -0.478 e. The van der Waals surface area contributed by atoms with Crippen LogP contribution in [-0.2, 0) is 9.59 Å². The fourth-order valence-corrected chi connectivity index (χ4v) is 2.55. The summed E-state index contributed by atoms with van der Waals surface area (Å²) in [4.78, 5) is 34.7. The monoisotopic (exact) mass is 341 g/mol. The van der Waals surface area contributed by atoms with Gasteiger partial charge in [0.2, 0.25) is 5.91 Å². The third kappa shape index (κ3) is 3.42. The Balaban J connectivity index is 1.71. The average molecular weight is 341 g/mol. The van der Waals surface area contributed by atoms with Crippen molar-refractivity contribution in [2.75, 3.05) is 10.6 Å². The fourth-order valence-electron chi connectivity index (χ4n) is 2.55. The van der Waals surface area contributed by atoms with Gasteiger partial charge in [-0.3, -0.25) is 19.7 Å². The van der Waals surface area contributed by atoms with Crippen LogP contribution in [0.1, 0.15) is 12.0 Å². The molecule has 1 heterocycles. The number of rotatable bonds is 4. The largest absolute Gasteiger partial charge is 0.478 e. The third-order valence-electron chi connectivity index (χ3n) is 3.85. The maximum atomic E-state index is 12.2. The number of hydrogen-bond acceptors (Lipinski definition) is 5. The van der Waals surface area contributed by atoms with Crippen LogP contribution < -0.4 is 15.4 Å². The van der Waals surface area contributed by atoms with Crippen molar-refractivity contribution in [3.05, 3.63) is 58.1 Å². The molecular weight excluding hydrogens is 326 g/mol. The molecule has 128 valence electrons. The van der Waals surface area contributed by atoms with Gasteiger partial charge in [-0.25, -0.2) is 0 Å². The number of fused-ring (bicyclic) bond motifs is 1. The maximum Gasteiger partial charge on any atom is 0.274 e. The highest BCUT2D eigenvalue weighted by molar-refractivity contribution is 6.02. The summed E-state index contributed by atoms with van der Waals surface area (Å²) in [6, 6.07) is 11.3. The minimum absolute atomic E-state index is 0.0848. The van der Waals surface area contributed by atoms with Crippen LogP contribution in [0.25, 0.3) is 0 Å². The zero-order chi connectivity index (χ0) is 18.0. The lowest BCUT2D eigenvalue weighted by molar-refractivity contribution is -0.385. The number of amides is 2. The van der Waals surface area contributed by atoms with Crippen molar-refractivity contribution >= 4 is 28.9 Å². The van der Waals surface area contributed by atoms with Crippen molar-refractivity contribution in [3.8, 4) is 5.75 Å². The Kier molecular flexibility index (Phi) is 4.34. The summed E-state index contributed by atoms with van der Waals surface area (Å²) in [6.07, 6.45) is -1.17. The lowest BCUT2D eigenvalue weighted by Gasteiger charge is -2.25. The SMILES string of the molecule is Cc1c(NC(=O)C[C@@H]2Oc3ccccc3NC2=O)cccc1[N+](=O)[O-]. The van der Waals surface area contributed by atoms with E-state index in [9.17, 15) is 19.7 Å². The Labute approximate surface area is 142 Å². The Bertz CT molecular complexity index is 865. The molecule has 0 radical (unpaired) electrons. The third-order valence-corrected chi connectivity index (χ3v) is 3.85. The molecule has 0 aliphatic carbocycles. The molecular formula is C17H15N3O5. The van der Waals surface area contributed by atoms with E-state index in [1.165, 1.54) is 12.1 Å². The molecule has 0 fully saturated rings. The first kappa shape index (κ1) is 16.4. The number of carbonyl (C=O) groups excluding carboxylic acids is 2. The maximum absolute atomic E-state index is 12.2. The Morgan fingerprint density at radius 1 is 1.28 bits per heavy atom. The number of nitro benzene ring substituents is 1. The summed E-state index contributed by atoms with van der Waals surface area (Å²) >= 11 is 0. The highest BCUT2D eigenvalue weighted by Crippen LogP contribution is 2.30. The van der Waals surface area contributed by atoms with Gasteiger partial charge in [-0.2, -0.15) is 0 Å². The van der Waals surface area contributed by atoms with Gasteiger partial charge < -0.3 is 15.4 Å². The lowest BCUT2D eigenvalue weighted by atomic mass is 10.1. The quantitative estimate of drug-likeness (QED) is 0.656. The zero-order valence-electron chi connectivity index (χ0n) is 13.3. The van der Waals surface area contributed by atoms with E-state index in [1.807, 2.05) is 0 Å². The topological polar surface area (TPSA) is 111 Å². The molecule has 2 aromatic rings. The Morgan fingerprint density at radius 2 is 2.04 bits per heavy atom. The molecule has 8 nitrogen and oxygen atoms in total. The second-order valence-corrected chi connectivity index (χ2v) is 5.55. The van der Waals surface area contributed by atoms with Crippen molar-refractivity contribution in [2.24, 2.45) is 0 Å². The van der Waals surface area contributed by atoms with Gasteiger partial charge in [0.05, 0.1) is 28.3 Å². The Hall–Kier alpha value is -3.42. The number of carbonyl (C=O) groups is 2. The van der Waals surface area contributed by atoms with Crippen molar-refractivity contribution in [1.29, 1.82) is 0 Å². The minimum atomic E-state index is -0.964. The van der Waals surface area contributed by atoms with Gasteiger partial charge in [0.15, 0.2) is 6.10 Å². The molecule has 0 bridgehead atoms. The van der Waals surface area contributed by atoms with Crippen molar-refractivity contribution < 1.29 is 19.2 Å². The summed E-state index contributed by atoms with van der Waals surface area (Å²) in [6.45, 7) is 1.55. The normalized spacial score (nSPS) is 15.6. The van der Waals surface area contributed by atoms with Gasteiger partial charge in [-0.05, 0) is 25.1 Å². The van der Waals surface area contributed by atoms with Crippen molar-refractivity contribution in [1.82, 2.24) is 0 Å². The number of anilines is 2. The number of nitrogens with one attached hydrogen (secondary N) is 2. The van der Waals surface area contributed by atoms with Crippen LogP contribution in [-0.4, -0.2) is 22.8 Å². The van der Waals surface area contributed by atoms with E-state index < -0.39 is 22.8 Å². The van der Waals surface area contributed by atoms with Crippen molar-refractivity contribution in [3.63, 3.8) is 0 Å². The van der Waals surface area contributed by atoms with Crippen LogP contribution in [0.4, 0.5) is 17.1 Å². The van der Waals surface area contributed by atoms with Gasteiger partial charge >= 0.3 is 0 Å². The standard InChI is InChI=1S/C17H15N3O5/c1-10-11(6-4-7-13(10)20(23)24)18-16(21)9-15-17(22)19-12-5-2-3-8-14(12)25-15/h2-8,15H,9H2,1H3,(H,18,21)(H,19,22)/t15-/m0/s1. The van der Waals surface area contributed by atoms with Crippen LogP contribution in [0.5, 0.6) is 5.75 Å². The van der Waals surface area contributed by atoms with Crippen LogP contribution in [0.2, 0.25) is 0 Å². The summed E-state index contributed by atoms with van der Waals surface area (Å²) in [5.74, 6) is -0.390. The molecule has 1 atom stereocenters. The van der Waals surface area contributed by atoms with Crippen LogP contribution >= 0.6 is 0 Å². The molecule has 0 saturated heterocycles. The molecule has 2 N–H and O–H groups in total. The molecule has 2 amide bonds. The van der Waals surface area contributed by atoms with Gasteiger partial charge in [0.1, 0.15) is 5.75 Å². The fraction of sp³-hybridized carbons (Fsp3) is 0.176. The van der Waals surface area contributed by atoms with E-state index in [1.54, 1.807) is 37.3 Å². The second-order valence-electron chi connectivity index (χ2n) is 5.55. The van der Waals surface area contributed by atoms with Crippen LogP contribution in [0, 0.1) is 17.0 Å². The molecule has 2 aromatic carbocycles. The average Bonchev–Trinajstić information content (AvgIpc) is 2.57. The van der Waals surface area contributed by atoms with E-state index in [2.05, 4.69) is 10.6 Å². The molecule has 1 aliphatic heterocycles. The molecule has 8 heteroatoms. The Morgan fingerprint density at radius 3 is 2.80 bits per heavy atom. The van der Waals surface area contributed by atoms with E-state index in [-0.39, 0.29) is 12.1 Å². The summed E-state index contributed by atoms with van der Waals surface area (Å²) in [7, 11) is 0. The van der Waals surface area contributed by atoms with Gasteiger partial charge in [0.25, 0.3) is 11.6 Å². The highest BCUT2D eigenvalue weighted by Gasteiger charge is 2.29. The number of ether oxygens (including phenoxy) is 1. The van der Waals surface area contributed by atoms with E-state index in [4.69, 9.17) is 4.74 Å². The van der Waals surface area contributed by atoms with Crippen LogP contribution in [0.3, 0.4) is 0 Å². The number of para-hydroxylation sites is 2. The van der Waals surface area contributed by atoms with Gasteiger partial charge in [-0.15, -0.1) is 0 Å². The molecule has 0 spiro atoms. The molecule has 3 rings (SSSR count). The summed E-state index contributed by atoms with van der Waals surface area (Å²) < 4.78 is 5.56. The molecule has 1 aliphatic rings. The first-order valence-corrected chi connectivity index (χ1v) is 7.56. The highest BCUT2D eigenvalue weighted by atomic mass is 16.6. The van der Waals surface area contributed by atoms with Gasteiger partial charge in [-0.1, -0.05) is 18.2 Å². The molecule has 25 heavy (non-hydrogen) atoms.